The van der Waals surface area contributed by atoms with E-state index in [9.17, 15) is 31.1 Å². The van der Waals surface area contributed by atoms with Crippen molar-refractivity contribution in [3.63, 3.8) is 0 Å². The van der Waals surface area contributed by atoms with E-state index in [2.05, 4.69) is 21.0 Å². The van der Waals surface area contributed by atoms with Gasteiger partial charge in [0.15, 0.2) is 0 Å². The molecule has 0 radical (unpaired) electrons. The van der Waals surface area contributed by atoms with Crippen molar-refractivity contribution in [1.82, 2.24) is 9.38 Å². The summed E-state index contributed by atoms with van der Waals surface area (Å²) in [6, 6.07) is 7.33. The van der Waals surface area contributed by atoms with Crippen LogP contribution in [0.5, 0.6) is 5.75 Å². The van der Waals surface area contributed by atoms with Gasteiger partial charge in [-0.1, -0.05) is 24.8 Å². The van der Waals surface area contributed by atoms with Crippen LogP contribution < -0.4 is 4.74 Å². The molecular formula is C19H12F6N2O3. The third-order valence-electron chi connectivity index (χ3n) is 4.03. The Labute approximate surface area is 165 Å². The largest absolute Gasteiger partial charge is 0.573 e. The Morgan fingerprint density at radius 1 is 1.00 bits per heavy atom. The maximum absolute atomic E-state index is 13.5. The lowest BCUT2D eigenvalue weighted by atomic mass is 10.1. The normalized spacial score (nSPS) is 12.1. The van der Waals surface area contributed by atoms with E-state index in [1.54, 1.807) is 0 Å². The van der Waals surface area contributed by atoms with Gasteiger partial charge >= 0.3 is 18.5 Å². The van der Waals surface area contributed by atoms with Crippen molar-refractivity contribution in [3.05, 3.63) is 60.7 Å². The number of hydrogen-bond acceptors (Lipinski definition) is 4. The number of rotatable bonds is 4. The summed E-state index contributed by atoms with van der Waals surface area (Å²) >= 11 is 0. The third-order valence-corrected chi connectivity index (χ3v) is 4.03. The van der Waals surface area contributed by atoms with Crippen molar-refractivity contribution in [2.75, 3.05) is 7.11 Å². The van der Waals surface area contributed by atoms with Crippen LogP contribution in [0, 0.1) is 0 Å². The number of aromatic nitrogens is 2. The predicted molar refractivity (Wildman–Crippen MR) is 93.4 cm³/mol. The molecule has 0 fully saturated rings. The van der Waals surface area contributed by atoms with Crippen LogP contribution in [0.15, 0.2) is 49.2 Å². The molecule has 158 valence electrons. The first kappa shape index (κ1) is 21.2. The van der Waals surface area contributed by atoms with Crippen molar-refractivity contribution in [3.8, 4) is 16.9 Å². The number of methoxy groups -OCH3 is 1. The van der Waals surface area contributed by atoms with Crippen LogP contribution in [0.25, 0.3) is 22.2 Å². The summed E-state index contributed by atoms with van der Waals surface area (Å²) in [5.74, 6) is -2.70. The number of fused-ring (bicyclic) bond motifs is 1. The Balaban J connectivity index is 2.09. The topological polar surface area (TPSA) is 52.8 Å². The number of carbonyl (C=O) groups is 1. The Bertz CT molecular complexity index is 1110. The Kier molecular flexibility index (Phi) is 5.23. The zero-order valence-electron chi connectivity index (χ0n) is 15.1. The highest BCUT2D eigenvalue weighted by molar-refractivity contribution is 6.17. The maximum atomic E-state index is 13.5. The van der Waals surface area contributed by atoms with Crippen molar-refractivity contribution in [1.29, 1.82) is 0 Å². The standard InChI is InChI=1S/C19H12F6N2O3/c1-10(16(28)29-2)15-14-8-5-12(9-27(14)17(26-15)18(20,21)22)11-3-6-13(7-4-11)30-19(23,24)25/h3-9H,1H2,2H3. The number of pyridine rings is 1. The molecule has 11 heteroatoms. The molecule has 30 heavy (non-hydrogen) atoms. The highest BCUT2D eigenvalue weighted by Gasteiger charge is 2.38. The second kappa shape index (κ2) is 7.39. The first-order valence-corrected chi connectivity index (χ1v) is 8.14. The molecule has 1 aromatic carbocycles. The highest BCUT2D eigenvalue weighted by Crippen LogP contribution is 2.34. The number of esters is 1. The summed E-state index contributed by atoms with van der Waals surface area (Å²) in [4.78, 5) is 15.2. The summed E-state index contributed by atoms with van der Waals surface area (Å²) < 4.78 is 86.2. The minimum absolute atomic E-state index is 0.0431. The van der Waals surface area contributed by atoms with Gasteiger partial charge in [-0.25, -0.2) is 9.78 Å². The van der Waals surface area contributed by atoms with E-state index in [0.29, 0.717) is 5.56 Å². The molecule has 2 heterocycles. The molecule has 0 aliphatic heterocycles. The molecular weight excluding hydrogens is 418 g/mol. The summed E-state index contributed by atoms with van der Waals surface area (Å²) in [6.45, 7) is 3.44. The molecule has 0 aliphatic rings. The molecule has 0 unspecified atom stereocenters. The number of carbonyl (C=O) groups excluding carboxylic acids is 1. The average Bonchev–Trinajstić information content (AvgIpc) is 3.05. The van der Waals surface area contributed by atoms with Crippen LogP contribution in [0.3, 0.4) is 0 Å². The molecule has 0 saturated carbocycles. The maximum Gasteiger partial charge on any atom is 0.573 e. The van der Waals surface area contributed by atoms with E-state index in [4.69, 9.17) is 0 Å². The van der Waals surface area contributed by atoms with E-state index < -0.39 is 30.1 Å². The number of hydrogen-bond donors (Lipinski definition) is 0. The van der Waals surface area contributed by atoms with Crippen LogP contribution in [-0.4, -0.2) is 28.8 Å². The van der Waals surface area contributed by atoms with Gasteiger partial charge in [0, 0.05) is 6.20 Å². The van der Waals surface area contributed by atoms with Crippen LogP contribution in [0.1, 0.15) is 11.5 Å². The van der Waals surface area contributed by atoms with Gasteiger partial charge in [-0.05, 0) is 29.3 Å². The predicted octanol–water partition coefficient (Wildman–Crippen LogP) is 5.10. The number of imidazole rings is 1. The molecule has 0 saturated heterocycles. The minimum atomic E-state index is -4.86. The highest BCUT2D eigenvalue weighted by atomic mass is 19.4. The van der Waals surface area contributed by atoms with Crippen molar-refractivity contribution < 1.29 is 40.6 Å². The fourth-order valence-electron chi connectivity index (χ4n) is 2.75. The molecule has 0 aliphatic carbocycles. The lowest BCUT2D eigenvalue weighted by Crippen LogP contribution is -2.16. The Morgan fingerprint density at radius 3 is 2.13 bits per heavy atom. The second-order valence-electron chi connectivity index (χ2n) is 6.00. The zero-order valence-corrected chi connectivity index (χ0v) is 15.1. The SMILES string of the molecule is C=C(C(=O)OC)c1nc(C(F)(F)F)n2cc(-c3ccc(OC(F)(F)F)cc3)ccc12. The lowest BCUT2D eigenvalue weighted by Gasteiger charge is -2.10. The van der Waals surface area contributed by atoms with Gasteiger partial charge in [-0.2, -0.15) is 13.2 Å². The van der Waals surface area contributed by atoms with Gasteiger partial charge in [-0.3, -0.25) is 4.40 Å². The number of alkyl halides is 6. The monoisotopic (exact) mass is 430 g/mol. The van der Waals surface area contributed by atoms with Crippen LogP contribution in [-0.2, 0) is 15.7 Å². The van der Waals surface area contributed by atoms with Gasteiger partial charge in [0.25, 0.3) is 0 Å². The zero-order chi connectivity index (χ0) is 22.3. The van der Waals surface area contributed by atoms with Crippen LogP contribution in [0.2, 0.25) is 0 Å². The number of halogens is 6. The van der Waals surface area contributed by atoms with Crippen LogP contribution >= 0.6 is 0 Å². The Hall–Kier alpha value is -3.50. The second-order valence-corrected chi connectivity index (χ2v) is 6.00. The van der Waals surface area contributed by atoms with E-state index in [1.165, 1.54) is 24.3 Å². The fourth-order valence-corrected chi connectivity index (χ4v) is 2.75. The number of ether oxygens (including phenoxy) is 2. The third kappa shape index (κ3) is 4.24. The fraction of sp³-hybridized carbons (Fsp3) is 0.158. The molecule has 0 bridgehead atoms. The van der Waals surface area contributed by atoms with Crippen molar-refractivity contribution >= 4 is 17.1 Å². The van der Waals surface area contributed by atoms with Gasteiger partial charge in [0.2, 0.25) is 5.82 Å². The van der Waals surface area contributed by atoms with Crippen molar-refractivity contribution in [2.24, 2.45) is 0 Å². The first-order valence-electron chi connectivity index (χ1n) is 8.14. The number of benzene rings is 1. The average molecular weight is 430 g/mol. The molecule has 0 atom stereocenters. The Morgan fingerprint density at radius 2 is 1.60 bits per heavy atom. The molecule has 0 amide bonds. The molecule has 5 nitrogen and oxygen atoms in total. The summed E-state index contributed by atoms with van der Waals surface area (Å²) in [5.41, 5.74) is -0.0964. The summed E-state index contributed by atoms with van der Waals surface area (Å²) in [5, 5.41) is 0. The molecule has 0 N–H and O–H groups in total. The van der Waals surface area contributed by atoms with Gasteiger partial charge < -0.3 is 9.47 Å². The first-order chi connectivity index (χ1) is 13.9. The molecule has 2 aromatic heterocycles. The number of nitrogens with zero attached hydrogens (tertiary/aromatic N) is 2. The smallest absolute Gasteiger partial charge is 0.465 e. The molecule has 3 rings (SSSR count). The van der Waals surface area contributed by atoms with Crippen LogP contribution in [0.4, 0.5) is 26.3 Å². The quantitative estimate of drug-likeness (QED) is 0.328. The van der Waals surface area contributed by atoms with E-state index in [0.717, 1.165) is 29.8 Å². The van der Waals surface area contributed by atoms with Crippen molar-refractivity contribution in [2.45, 2.75) is 12.5 Å². The lowest BCUT2D eigenvalue weighted by molar-refractivity contribution is -0.274. The summed E-state index contributed by atoms with van der Waals surface area (Å²) in [7, 11) is 1.06. The molecule has 3 aromatic rings. The van der Waals surface area contributed by atoms with Gasteiger partial charge in [-0.15, -0.1) is 13.2 Å². The van der Waals surface area contributed by atoms with E-state index in [-0.39, 0.29) is 22.3 Å². The van der Waals surface area contributed by atoms with E-state index in [1.807, 2.05) is 0 Å². The minimum Gasteiger partial charge on any atom is -0.465 e. The van der Waals surface area contributed by atoms with Gasteiger partial charge in [0.05, 0.1) is 18.2 Å². The molecule has 0 spiro atoms. The van der Waals surface area contributed by atoms with E-state index >= 15 is 0 Å². The van der Waals surface area contributed by atoms with Gasteiger partial charge in [0.1, 0.15) is 11.4 Å². The summed E-state index contributed by atoms with van der Waals surface area (Å²) in [6.07, 6.45) is -8.60.